The van der Waals surface area contributed by atoms with Gasteiger partial charge in [-0.05, 0) is 35.8 Å². The molecule has 5 N–H and O–H groups in total. The van der Waals surface area contributed by atoms with Crippen LogP contribution in [0.25, 0.3) is 0 Å². The number of nitrogens with zero attached hydrogens (tertiary/aromatic N) is 3. The van der Waals surface area contributed by atoms with Crippen LogP contribution in [0.4, 0.5) is 10.1 Å². The summed E-state index contributed by atoms with van der Waals surface area (Å²) in [6.07, 6.45) is 5.42. The number of benzene rings is 1. The fraction of sp³-hybridized carbons (Fsp3) is 0.269. The number of carboxylic acid groups (broad SMARTS) is 1. The number of thioether (sulfide) groups is 1. The molecule has 1 aromatic heterocycles. The number of nitrogens with one attached hydrogen (secondary N) is 1. The fourth-order valence-corrected chi connectivity index (χ4v) is 5.94. The van der Waals surface area contributed by atoms with E-state index in [4.69, 9.17) is 5.73 Å². The first kappa shape index (κ1) is 26.4. The zero-order valence-corrected chi connectivity index (χ0v) is 21.4. The van der Waals surface area contributed by atoms with E-state index in [1.165, 1.54) is 22.7 Å². The Morgan fingerprint density at radius 3 is 2.67 bits per heavy atom. The molecule has 1 aromatic carbocycles. The smallest absolute Gasteiger partial charge is 0.352 e. The van der Waals surface area contributed by atoms with Gasteiger partial charge in [0, 0.05) is 48.3 Å². The number of likely N-dealkylation sites (tertiary alicyclic amines) is 1. The molecule has 2 fully saturated rings. The van der Waals surface area contributed by atoms with Crippen LogP contribution >= 0.6 is 11.8 Å². The van der Waals surface area contributed by atoms with E-state index in [-0.39, 0.29) is 29.7 Å². The van der Waals surface area contributed by atoms with Crippen molar-refractivity contribution in [2.24, 2.45) is 5.73 Å². The van der Waals surface area contributed by atoms with Gasteiger partial charge in [-0.1, -0.05) is 0 Å². The van der Waals surface area contributed by atoms with Crippen molar-refractivity contribution in [2.45, 2.75) is 30.9 Å². The van der Waals surface area contributed by atoms with Crippen LogP contribution < -0.4 is 15.6 Å². The van der Waals surface area contributed by atoms with Crippen molar-refractivity contribution in [1.29, 1.82) is 0 Å². The van der Waals surface area contributed by atoms with Gasteiger partial charge in [-0.2, -0.15) is 4.57 Å². The molecular weight excluding hydrogens is 529 g/mol. The number of fused-ring (bicyclic) bond motifs is 1. The van der Waals surface area contributed by atoms with Crippen molar-refractivity contribution >= 4 is 41.1 Å². The Morgan fingerprint density at radius 1 is 1.23 bits per heavy atom. The topological polar surface area (TPSA) is 157 Å². The van der Waals surface area contributed by atoms with Gasteiger partial charge in [-0.25, -0.2) is 9.18 Å². The number of hydrogen-bond donors (Lipinski definition) is 4. The first-order valence-corrected chi connectivity index (χ1v) is 13.1. The first-order valence-electron chi connectivity index (χ1n) is 12.1. The Balaban J connectivity index is 1.21. The molecule has 13 heteroatoms. The number of nitrogens with two attached hydrogens (primary N) is 1. The van der Waals surface area contributed by atoms with Crippen molar-refractivity contribution in [2.75, 3.05) is 17.6 Å². The monoisotopic (exact) mass is 554 g/mol. The molecule has 202 valence electrons. The first-order chi connectivity index (χ1) is 18.6. The number of aromatic nitrogens is 1. The van der Waals surface area contributed by atoms with E-state index in [1.807, 2.05) is 0 Å². The maximum absolute atomic E-state index is 13.5. The van der Waals surface area contributed by atoms with Gasteiger partial charge in [0.15, 0.2) is 24.0 Å². The number of aliphatic carboxylic acids is 1. The van der Waals surface area contributed by atoms with Crippen LogP contribution in [0.2, 0.25) is 0 Å². The molecule has 39 heavy (non-hydrogen) atoms. The molecule has 4 heterocycles. The molecule has 5 rings (SSSR count). The molecule has 3 aliphatic heterocycles. The largest absolute Gasteiger partial charge is 0.505 e. The van der Waals surface area contributed by atoms with Gasteiger partial charge in [0.1, 0.15) is 17.1 Å². The number of carbonyl (C=O) groups is 4. The molecule has 0 radical (unpaired) electrons. The van der Waals surface area contributed by atoms with Gasteiger partial charge >= 0.3 is 5.97 Å². The molecule has 0 bridgehead atoms. The molecule has 3 aliphatic rings. The van der Waals surface area contributed by atoms with E-state index >= 15 is 0 Å². The summed E-state index contributed by atoms with van der Waals surface area (Å²) in [4.78, 5) is 52.2. The summed E-state index contributed by atoms with van der Waals surface area (Å²) in [5.74, 6) is -3.24. The number of pyridine rings is 1. The number of β-lactam (4-membered cyclic amide) rings is 1. The third-order valence-corrected chi connectivity index (χ3v) is 8.02. The number of rotatable bonds is 7. The highest BCUT2D eigenvalue weighted by molar-refractivity contribution is 8.00. The Hall–Kier alpha value is -4.23. The van der Waals surface area contributed by atoms with Gasteiger partial charge in [0.25, 0.3) is 5.91 Å². The van der Waals surface area contributed by atoms with Crippen molar-refractivity contribution in [3.05, 3.63) is 77.0 Å². The zero-order valence-electron chi connectivity index (χ0n) is 20.5. The molecule has 0 saturated carbocycles. The molecule has 0 aliphatic carbocycles. The lowest BCUT2D eigenvalue weighted by Crippen LogP contribution is -2.68. The minimum Gasteiger partial charge on any atom is -0.505 e. The van der Waals surface area contributed by atoms with E-state index in [9.17, 15) is 33.8 Å². The highest BCUT2D eigenvalue weighted by Gasteiger charge is 2.51. The van der Waals surface area contributed by atoms with E-state index in [2.05, 4.69) is 5.32 Å². The number of phenolic OH excluding ortho intramolecular Hbond substituents is 1. The molecule has 11 nitrogen and oxygen atoms in total. The standard InChI is InChI=1S/C26H24FN5O6S/c27-18-10-17(1-2-19(18)33)29-20(34)12-30-6-3-14(4-7-30)11-31-8-5-15(23(31)35)9-16-13-39-25-21(28)24(36)32(25)22(16)26(37)38/h1-4,6-7,9-10,21,25H,5,8,11-13,28H2,(H2-,29,33,34,37,38)/p+1/t21-,25-/m1/s1. The van der Waals surface area contributed by atoms with Crippen LogP contribution in [0.3, 0.4) is 0 Å². The van der Waals surface area contributed by atoms with Crippen LogP contribution in [0.15, 0.2) is 65.6 Å². The molecule has 2 atom stereocenters. The van der Waals surface area contributed by atoms with E-state index in [0.717, 1.165) is 17.7 Å². The molecule has 2 aromatic rings. The highest BCUT2D eigenvalue weighted by atomic mass is 32.2. The Bertz CT molecular complexity index is 1440. The lowest BCUT2D eigenvalue weighted by molar-refractivity contribution is -0.684. The Labute approximate surface area is 226 Å². The van der Waals surface area contributed by atoms with Gasteiger partial charge in [-0.15, -0.1) is 11.8 Å². The maximum atomic E-state index is 13.5. The maximum Gasteiger partial charge on any atom is 0.352 e. The third kappa shape index (κ3) is 5.22. The SMILES string of the molecule is N[C@@H]1C(=O)N2C(C(=O)O)=C(C=C3CCN(Cc4cc[n+](CC(=O)Nc5ccc(O)c(F)c5)cc4)C3=O)CS[C@H]12. The lowest BCUT2D eigenvalue weighted by Gasteiger charge is -2.47. The van der Waals surface area contributed by atoms with Crippen molar-refractivity contribution < 1.29 is 38.3 Å². The Kier molecular flexibility index (Phi) is 7.10. The van der Waals surface area contributed by atoms with E-state index in [0.29, 0.717) is 36.4 Å². The summed E-state index contributed by atoms with van der Waals surface area (Å²) in [6.45, 7) is 0.768. The van der Waals surface area contributed by atoms with E-state index in [1.54, 1.807) is 40.1 Å². The number of carboxylic acids is 1. The second-order valence-corrected chi connectivity index (χ2v) is 10.5. The highest BCUT2D eigenvalue weighted by Crippen LogP contribution is 2.40. The number of phenols is 1. The number of allylic oxidation sites excluding steroid dienone is 1. The summed E-state index contributed by atoms with van der Waals surface area (Å²) in [7, 11) is 0. The zero-order chi connectivity index (χ0) is 27.8. The van der Waals surface area contributed by atoms with Gasteiger partial charge < -0.3 is 26.2 Å². The second kappa shape index (κ2) is 10.5. The average molecular weight is 555 g/mol. The van der Waals surface area contributed by atoms with Gasteiger partial charge in [-0.3, -0.25) is 19.3 Å². The number of aromatic hydroxyl groups is 1. The predicted molar refractivity (Wildman–Crippen MR) is 137 cm³/mol. The molecular formula is C26H25FN5O6S+. The summed E-state index contributed by atoms with van der Waals surface area (Å²) in [5.41, 5.74) is 7.64. The minimum atomic E-state index is -1.23. The van der Waals surface area contributed by atoms with Crippen molar-refractivity contribution in [1.82, 2.24) is 9.80 Å². The van der Waals surface area contributed by atoms with Crippen LogP contribution in [-0.4, -0.2) is 67.4 Å². The van der Waals surface area contributed by atoms with Crippen LogP contribution in [0, 0.1) is 5.82 Å². The normalized spacial score (nSPS) is 21.7. The summed E-state index contributed by atoms with van der Waals surface area (Å²) in [5, 5.41) is 21.1. The number of halogens is 1. The lowest BCUT2D eigenvalue weighted by atomic mass is 10.0. The number of anilines is 1. The van der Waals surface area contributed by atoms with Gasteiger partial charge in [0.05, 0.1) is 0 Å². The third-order valence-electron chi connectivity index (χ3n) is 6.69. The van der Waals surface area contributed by atoms with E-state index < -0.39 is 34.9 Å². The quantitative estimate of drug-likeness (QED) is 0.169. The molecule has 0 unspecified atom stereocenters. The summed E-state index contributed by atoms with van der Waals surface area (Å²) >= 11 is 1.38. The van der Waals surface area contributed by atoms with Gasteiger partial charge in [0.2, 0.25) is 18.4 Å². The van der Waals surface area contributed by atoms with Crippen molar-refractivity contribution in [3.63, 3.8) is 0 Å². The fourth-order valence-electron chi connectivity index (χ4n) is 4.68. The minimum absolute atomic E-state index is 0.0252. The summed E-state index contributed by atoms with van der Waals surface area (Å²) < 4.78 is 15.1. The summed E-state index contributed by atoms with van der Waals surface area (Å²) in [6, 6.07) is 6.42. The van der Waals surface area contributed by atoms with Crippen molar-refractivity contribution in [3.8, 4) is 5.75 Å². The molecule has 2 saturated heterocycles. The number of hydrogen-bond acceptors (Lipinski definition) is 7. The average Bonchev–Trinajstić information content (AvgIpc) is 3.24. The molecule has 0 spiro atoms. The predicted octanol–water partition coefficient (Wildman–Crippen LogP) is 0.697. The Morgan fingerprint density at radius 2 is 1.97 bits per heavy atom. The van der Waals surface area contributed by atoms with Crippen LogP contribution in [-0.2, 0) is 32.3 Å². The van der Waals surface area contributed by atoms with Crippen LogP contribution in [0.1, 0.15) is 12.0 Å². The number of amides is 3. The molecule has 3 amide bonds. The number of carbonyl (C=O) groups excluding carboxylic acids is 3. The second-order valence-electron chi connectivity index (χ2n) is 9.35. The van der Waals surface area contributed by atoms with Crippen LogP contribution in [0.5, 0.6) is 5.75 Å².